The highest BCUT2D eigenvalue weighted by molar-refractivity contribution is 5.85. The topological polar surface area (TPSA) is 46.5 Å². The molecule has 3 heteroatoms. The fraction of sp³-hybridized carbons (Fsp3) is 0.900. The maximum Gasteiger partial charge on any atom is 0.330 e. The van der Waals surface area contributed by atoms with Gasteiger partial charge in [0.15, 0.2) is 0 Å². The zero-order valence-electron chi connectivity index (χ0n) is 22.5. The van der Waals surface area contributed by atoms with Crippen LogP contribution in [0.3, 0.4) is 0 Å². The molecule has 0 amide bonds. The maximum absolute atomic E-state index is 10.8. The molecule has 0 radical (unpaired) electrons. The largest absolute Gasteiger partial charge is 0.478 e. The molecule has 0 aromatic carbocycles. The molecule has 1 N–H and O–H groups in total. The van der Waals surface area contributed by atoms with Crippen LogP contribution in [0, 0.1) is 5.92 Å². The van der Waals surface area contributed by atoms with E-state index in [1.54, 1.807) is 0 Å². The van der Waals surface area contributed by atoms with E-state index in [1.807, 2.05) is 0 Å². The fourth-order valence-corrected chi connectivity index (χ4v) is 4.54. The van der Waals surface area contributed by atoms with Crippen molar-refractivity contribution < 1.29 is 14.6 Å². The van der Waals surface area contributed by atoms with Crippen molar-refractivity contribution in [1.82, 2.24) is 0 Å². The van der Waals surface area contributed by atoms with Crippen LogP contribution in [0.4, 0.5) is 0 Å². The molecule has 0 heterocycles. The van der Waals surface area contributed by atoms with Gasteiger partial charge in [0.2, 0.25) is 0 Å². The lowest BCUT2D eigenvalue weighted by Crippen LogP contribution is -2.11. The Kier molecular flexibility index (Phi) is 25.1. The van der Waals surface area contributed by atoms with Crippen LogP contribution in [0.5, 0.6) is 0 Å². The van der Waals surface area contributed by atoms with Gasteiger partial charge in [-0.25, -0.2) is 4.79 Å². The van der Waals surface area contributed by atoms with Crippen LogP contribution in [0.1, 0.15) is 155 Å². The number of carboxylic acid groups (broad SMARTS) is 1. The summed E-state index contributed by atoms with van der Waals surface area (Å²) in [7, 11) is 0. The Morgan fingerprint density at radius 3 is 1.45 bits per heavy atom. The Balaban J connectivity index is 3.94. The Labute approximate surface area is 207 Å². The van der Waals surface area contributed by atoms with Crippen LogP contribution in [0.25, 0.3) is 0 Å². The molecule has 33 heavy (non-hydrogen) atoms. The summed E-state index contributed by atoms with van der Waals surface area (Å²) < 4.78 is 5.96. The Morgan fingerprint density at radius 1 is 0.667 bits per heavy atom. The monoisotopic (exact) mass is 466 g/mol. The maximum atomic E-state index is 10.8. The fourth-order valence-electron chi connectivity index (χ4n) is 4.54. The average Bonchev–Trinajstić information content (AvgIpc) is 2.80. The van der Waals surface area contributed by atoms with E-state index in [1.165, 1.54) is 128 Å². The van der Waals surface area contributed by atoms with Gasteiger partial charge in [-0.15, -0.1) is 0 Å². The quantitative estimate of drug-likeness (QED) is 0.0967. The summed E-state index contributed by atoms with van der Waals surface area (Å²) in [5.41, 5.74) is 0.291. The highest BCUT2D eigenvalue weighted by Crippen LogP contribution is 2.20. The van der Waals surface area contributed by atoms with Crippen molar-refractivity contribution >= 4 is 5.97 Å². The first-order valence-electron chi connectivity index (χ1n) is 14.6. The van der Waals surface area contributed by atoms with Crippen molar-refractivity contribution in [2.24, 2.45) is 5.92 Å². The predicted octanol–water partition coefficient (Wildman–Crippen LogP) is 9.88. The van der Waals surface area contributed by atoms with Gasteiger partial charge in [-0.05, 0) is 31.6 Å². The van der Waals surface area contributed by atoms with Gasteiger partial charge >= 0.3 is 5.97 Å². The molecule has 1 atom stereocenters. The van der Waals surface area contributed by atoms with Gasteiger partial charge in [0, 0.05) is 18.8 Å². The number of carbonyl (C=O) groups is 1. The average molecular weight is 467 g/mol. The standard InChI is InChI=1S/C30H58O3/c1-4-6-8-10-12-14-15-17-19-21-25-29(24-20-18-16-13-11-9-7-5-2)27-33-26-22-23-28(3)30(31)32/h29H,3-27H2,1-2H3,(H,31,32). The van der Waals surface area contributed by atoms with Gasteiger partial charge in [0.25, 0.3) is 0 Å². The minimum Gasteiger partial charge on any atom is -0.478 e. The summed E-state index contributed by atoms with van der Waals surface area (Å²) in [5, 5.41) is 8.91. The molecule has 0 aliphatic heterocycles. The molecular formula is C30H58O3. The summed E-state index contributed by atoms with van der Waals surface area (Å²) in [6.07, 6.45) is 28.7. The molecule has 3 nitrogen and oxygen atoms in total. The third kappa shape index (κ3) is 24.1. The number of rotatable bonds is 27. The molecule has 0 aliphatic carbocycles. The van der Waals surface area contributed by atoms with Crippen molar-refractivity contribution in [3.8, 4) is 0 Å². The first-order chi connectivity index (χ1) is 16.1. The van der Waals surface area contributed by atoms with Crippen LogP contribution in [-0.2, 0) is 9.53 Å². The molecule has 0 bridgehead atoms. The lowest BCUT2D eigenvalue weighted by atomic mass is 9.94. The number of hydrogen-bond donors (Lipinski definition) is 1. The van der Waals surface area contributed by atoms with Gasteiger partial charge in [-0.2, -0.15) is 0 Å². The molecular weight excluding hydrogens is 408 g/mol. The molecule has 0 fully saturated rings. The molecule has 1 unspecified atom stereocenters. The lowest BCUT2D eigenvalue weighted by Gasteiger charge is -2.17. The van der Waals surface area contributed by atoms with Crippen molar-refractivity contribution in [3.63, 3.8) is 0 Å². The van der Waals surface area contributed by atoms with Crippen LogP contribution >= 0.6 is 0 Å². The van der Waals surface area contributed by atoms with Crippen LogP contribution in [0.15, 0.2) is 12.2 Å². The Morgan fingerprint density at radius 2 is 1.06 bits per heavy atom. The van der Waals surface area contributed by atoms with E-state index in [0.717, 1.165) is 13.0 Å². The minimum absolute atomic E-state index is 0.291. The number of hydrogen-bond acceptors (Lipinski definition) is 2. The van der Waals surface area contributed by atoms with E-state index >= 15 is 0 Å². The van der Waals surface area contributed by atoms with Crippen LogP contribution in [-0.4, -0.2) is 24.3 Å². The van der Waals surface area contributed by atoms with E-state index in [-0.39, 0.29) is 0 Å². The van der Waals surface area contributed by atoms with Crippen molar-refractivity contribution in [2.75, 3.05) is 13.2 Å². The molecule has 196 valence electrons. The molecule has 0 spiro atoms. The Bertz CT molecular complexity index is 432. The summed E-state index contributed by atoms with van der Waals surface area (Å²) in [5.74, 6) is -0.217. The normalized spacial score (nSPS) is 12.2. The van der Waals surface area contributed by atoms with E-state index < -0.39 is 5.97 Å². The molecule has 0 aromatic heterocycles. The lowest BCUT2D eigenvalue weighted by molar-refractivity contribution is -0.132. The number of ether oxygens (including phenoxy) is 1. The van der Waals surface area contributed by atoms with E-state index in [2.05, 4.69) is 20.4 Å². The van der Waals surface area contributed by atoms with Crippen LogP contribution in [0.2, 0.25) is 0 Å². The summed E-state index contributed by atoms with van der Waals surface area (Å²) >= 11 is 0. The van der Waals surface area contributed by atoms with Crippen LogP contribution < -0.4 is 0 Å². The Hall–Kier alpha value is -0.830. The third-order valence-corrected chi connectivity index (χ3v) is 6.86. The molecule has 0 saturated heterocycles. The van der Waals surface area contributed by atoms with Crippen molar-refractivity contribution in [2.45, 2.75) is 155 Å². The SMILES string of the molecule is C=C(CCCOCC(CCCCCCCCCC)CCCCCCCCCCCC)C(=O)O. The first-order valence-corrected chi connectivity index (χ1v) is 14.6. The number of aliphatic carboxylic acids is 1. The first kappa shape index (κ1) is 32.2. The summed E-state index contributed by atoms with van der Waals surface area (Å²) in [6.45, 7) is 9.65. The zero-order valence-corrected chi connectivity index (χ0v) is 22.5. The van der Waals surface area contributed by atoms with Crippen molar-refractivity contribution in [3.05, 3.63) is 12.2 Å². The molecule has 0 rings (SSSR count). The van der Waals surface area contributed by atoms with Gasteiger partial charge in [0.1, 0.15) is 0 Å². The van der Waals surface area contributed by atoms with E-state index in [0.29, 0.717) is 24.5 Å². The van der Waals surface area contributed by atoms with Gasteiger partial charge in [-0.1, -0.05) is 136 Å². The van der Waals surface area contributed by atoms with Gasteiger partial charge in [-0.3, -0.25) is 0 Å². The number of unbranched alkanes of at least 4 members (excludes halogenated alkanes) is 16. The number of carboxylic acids is 1. The predicted molar refractivity (Wildman–Crippen MR) is 144 cm³/mol. The molecule has 0 aromatic rings. The molecule has 0 aliphatic rings. The summed E-state index contributed by atoms with van der Waals surface area (Å²) in [6, 6.07) is 0. The van der Waals surface area contributed by atoms with Gasteiger partial charge < -0.3 is 9.84 Å². The second-order valence-electron chi connectivity index (χ2n) is 10.2. The highest BCUT2D eigenvalue weighted by Gasteiger charge is 2.10. The summed E-state index contributed by atoms with van der Waals surface area (Å²) in [4.78, 5) is 10.8. The molecule has 0 saturated carbocycles. The second kappa shape index (κ2) is 25.8. The van der Waals surface area contributed by atoms with E-state index in [9.17, 15) is 4.79 Å². The zero-order chi connectivity index (χ0) is 24.4. The highest BCUT2D eigenvalue weighted by atomic mass is 16.5. The third-order valence-electron chi connectivity index (χ3n) is 6.86. The minimum atomic E-state index is -0.886. The van der Waals surface area contributed by atoms with Gasteiger partial charge in [0.05, 0.1) is 0 Å². The van der Waals surface area contributed by atoms with Crippen molar-refractivity contribution in [1.29, 1.82) is 0 Å². The van der Waals surface area contributed by atoms with E-state index in [4.69, 9.17) is 9.84 Å². The second-order valence-corrected chi connectivity index (χ2v) is 10.2. The smallest absolute Gasteiger partial charge is 0.330 e.